The third-order valence-corrected chi connectivity index (χ3v) is 14.6. The Morgan fingerprint density at radius 2 is 1.86 bits per heavy atom. The largest absolute Gasteiger partial charge is 0.494 e. The van der Waals surface area contributed by atoms with E-state index >= 15 is 4.79 Å². The van der Waals surface area contributed by atoms with Crippen LogP contribution in [0.4, 0.5) is 9.18 Å². The maximum Gasteiger partial charge on any atom is 0.408 e. The van der Waals surface area contributed by atoms with Gasteiger partial charge in [-0.1, -0.05) is 51.1 Å². The maximum absolute atomic E-state index is 15.1. The Kier molecular flexibility index (Phi) is 11.4. The number of sulfonamides is 1. The zero-order valence-corrected chi connectivity index (χ0v) is 33.7. The Labute approximate surface area is 327 Å². The molecule has 1 aromatic carbocycles. The summed E-state index contributed by atoms with van der Waals surface area (Å²) in [6.07, 6.45) is 5.59. The minimum absolute atomic E-state index is 0.0389. The highest BCUT2D eigenvalue weighted by Crippen LogP contribution is 2.48. The lowest BCUT2D eigenvalue weighted by atomic mass is 9.84. The number of pyridine rings is 1. The summed E-state index contributed by atoms with van der Waals surface area (Å²) in [5.74, 6) is -2.44. The molecule has 2 saturated carbocycles. The van der Waals surface area contributed by atoms with E-state index in [1.807, 2.05) is 51.1 Å². The van der Waals surface area contributed by atoms with E-state index in [-0.39, 0.29) is 44.0 Å². The highest BCUT2D eigenvalue weighted by atomic mass is 32.2. The van der Waals surface area contributed by atoms with Crippen LogP contribution in [0.15, 0.2) is 42.6 Å². The fourth-order valence-corrected chi connectivity index (χ4v) is 9.80. The number of nitrogens with one attached hydrogen (secondary N) is 2. The Morgan fingerprint density at radius 3 is 2.48 bits per heavy atom. The molecule has 0 bridgehead atoms. The first-order chi connectivity index (χ1) is 26.4. The van der Waals surface area contributed by atoms with Crippen molar-refractivity contribution in [2.75, 3.05) is 20.3 Å². The molecule has 7 atom stereocenters. The number of rotatable bonds is 10. The number of nitrogens with zero attached hydrogens (tertiary/aromatic N) is 3. The Hall–Kier alpha value is -4.47. The van der Waals surface area contributed by atoms with Crippen LogP contribution in [0.5, 0.6) is 11.6 Å². The molecule has 2 aliphatic heterocycles. The lowest BCUT2D eigenvalue weighted by Crippen LogP contribution is -2.63. The summed E-state index contributed by atoms with van der Waals surface area (Å²) in [6, 6.07) is 4.92. The van der Waals surface area contributed by atoms with Gasteiger partial charge in [-0.05, 0) is 76.7 Å². The first-order valence-corrected chi connectivity index (χ1v) is 20.9. The third kappa shape index (κ3) is 7.64. The average Bonchev–Trinajstić information content (AvgIpc) is 4.06. The molecule has 3 N–H and O–H groups in total. The van der Waals surface area contributed by atoms with E-state index in [1.165, 1.54) is 23.1 Å². The first kappa shape index (κ1) is 41.2. The number of aromatic nitrogens is 1. The Morgan fingerprint density at radius 1 is 1.16 bits per heavy atom. The van der Waals surface area contributed by atoms with Crippen molar-refractivity contribution >= 4 is 44.6 Å². The van der Waals surface area contributed by atoms with Crippen molar-refractivity contribution in [2.45, 2.75) is 120 Å². The van der Waals surface area contributed by atoms with Crippen molar-refractivity contribution in [1.82, 2.24) is 24.8 Å². The van der Waals surface area contributed by atoms with Gasteiger partial charge in [0.05, 0.1) is 19.9 Å². The molecule has 16 heteroatoms. The number of carbonyl (C=O) groups excluding carboxylic acids is 3. The molecule has 2 aliphatic carbocycles. The molecular formula is C40H54FN5O9S. The molecule has 14 nitrogen and oxygen atoms in total. The van der Waals surface area contributed by atoms with Gasteiger partial charge in [-0.25, -0.2) is 22.6 Å². The van der Waals surface area contributed by atoms with Crippen molar-refractivity contribution in [1.29, 1.82) is 0 Å². The van der Waals surface area contributed by atoms with Crippen LogP contribution in [0.3, 0.4) is 0 Å². The number of alkyl halides is 1. The molecular weight excluding hydrogens is 746 g/mol. The highest BCUT2D eigenvalue weighted by molar-refractivity contribution is 7.91. The molecule has 1 aromatic heterocycles. The molecule has 0 spiro atoms. The smallest absolute Gasteiger partial charge is 0.408 e. The molecule has 4 amide bonds. The summed E-state index contributed by atoms with van der Waals surface area (Å²) in [7, 11) is -2.87. The van der Waals surface area contributed by atoms with Gasteiger partial charge in [0.1, 0.15) is 40.9 Å². The fourth-order valence-electron chi connectivity index (χ4n) is 8.38. The van der Waals surface area contributed by atoms with Gasteiger partial charge in [0.25, 0.3) is 5.91 Å². The van der Waals surface area contributed by atoms with Crippen LogP contribution in [0.2, 0.25) is 0 Å². The number of fused-ring (bicyclic) bond motifs is 3. The quantitative estimate of drug-likeness (QED) is 0.278. The number of ether oxygens (including phenoxy) is 2. The van der Waals surface area contributed by atoms with Crippen LogP contribution in [0.1, 0.15) is 86.0 Å². The summed E-state index contributed by atoms with van der Waals surface area (Å²) in [5, 5.41) is 14.9. The monoisotopic (exact) mass is 799 g/mol. The normalized spacial score (nSPS) is 29.8. The second-order valence-electron chi connectivity index (χ2n) is 16.8. The number of allylic oxidation sites excluding steroid dienone is 1. The van der Waals surface area contributed by atoms with E-state index in [0.29, 0.717) is 36.8 Å². The molecule has 306 valence electrons. The third-order valence-electron chi connectivity index (χ3n) is 12.4. The van der Waals surface area contributed by atoms with Crippen LogP contribution < -0.4 is 19.5 Å². The van der Waals surface area contributed by atoms with E-state index < -0.39 is 86.4 Å². The molecule has 3 heterocycles. The van der Waals surface area contributed by atoms with E-state index in [4.69, 9.17) is 9.47 Å². The summed E-state index contributed by atoms with van der Waals surface area (Å²) in [5.41, 5.74) is -2.63. The molecule has 0 radical (unpaired) electrons. The van der Waals surface area contributed by atoms with Crippen LogP contribution in [-0.4, -0.2) is 106 Å². The number of carbonyl (C=O) groups is 4. The van der Waals surface area contributed by atoms with Gasteiger partial charge in [0.15, 0.2) is 0 Å². The van der Waals surface area contributed by atoms with Crippen molar-refractivity contribution in [3.05, 3.63) is 42.6 Å². The maximum atomic E-state index is 15.1. The first-order valence-electron chi connectivity index (χ1n) is 19.5. The minimum atomic E-state index is -4.40. The van der Waals surface area contributed by atoms with Gasteiger partial charge < -0.3 is 24.8 Å². The minimum Gasteiger partial charge on any atom is -0.494 e. The van der Waals surface area contributed by atoms with Crippen molar-refractivity contribution in [3.8, 4) is 11.6 Å². The van der Waals surface area contributed by atoms with Crippen LogP contribution in [0.25, 0.3) is 10.8 Å². The molecule has 4 aliphatic rings. The van der Waals surface area contributed by atoms with E-state index in [1.54, 1.807) is 19.9 Å². The van der Waals surface area contributed by atoms with E-state index in [2.05, 4.69) is 15.0 Å². The predicted octanol–water partition coefficient (Wildman–Crippen LogP) is 4.96. The van der Waals surface area contributed by atoms with Crippen LogP contribution >= 0.6 is 0 Å². The standard InChI is InChI=1S/C40H54FN5O9S/c1-7-38(4,5)46(37(50)51)32-25(3)18-24(2)12-8-9-13-26-20-40(26,36(49)44-56(52,53)39(23-41)16-17-39)43-33(47)30-19-27(22-45(30)35(32)48)55-34-29-15-11-10-14-28(29)31(54-6)21-42-34/h9-11,13-15,21,24-27,30,32H,7-8,12,16-20,22-23H2,1-6H3,(H,43,47)(H,44,49)(H,50,51)/b13-9-/t24-,25-,26-,27-,30+,32+,40-/m1/s1. The van der Waals surface area contributed by atoms with Crippen molar-refractivity contribution < 1.29 is 46.6 Å². The van der Waals surface area contributed by atoms with E-state index in [0.717, 1.165) is 5.39 Å². The van der Waals surface area contributed by atoms with Gasteiger partial charge in [0, 0.05) is 28.7 Å². The zero-order chi connectivity index (χ0) is 40.8. The van der Waals surface area contributed by atoms with E-state index in [9.17, 15) is 32.3 Å². The van der Waals surface area contributed by atoms with Gasteiger partial charge in [-0.3, -0.25) is 24.0 Å². The number of hydrogen-bond acceptors (Lipinski definition) is 9. The summed E-state index contributed by atoms with van der Waals surface area (Å²) in [6.45, 7) is 8.04. The number of amides is 4. The highest BCUT2D eigenvalue weighted by Gasteiger charge is 2.64. The Bertz CT molecular complexity index is 2010. The predicted molar refractivity (Wildman–Crippen MR) is 206 cm³/mol. The number of benzene rings is 1. The van der Waals surface area contributed by atoms with Gasteiger partial charge in [-0.15, -0.1) is 0 Å². The number of hydrogen-bond donors (Lipinski definition) is 3. The van der Waals surface area contributed by atoms with Crippen molar-refractivity contribution in [2.24, 2.45) is 17.8 Å². The molecule has 3 fully saturated rings. The SMILES string of the molecule is CCC(C)(C)N(C(=O)O)[C@@H]1C(=O)N2C[C@H](Oc3ncc(OC)c4ccccc34)C[C@H]2C(=O)N[C@]2(C(=O)NS(=O)(=O)C3(CF)CC3)C[C@H]2/C=C\CC[C@@H](C)C[C@H]1C. The summed E-state index contributed by atoms with van der Waals surface area (Å²) in [4.78, 5) is 63.8. The number of halogens is 1. The average molecular weight is 800 g/mol. The van der Waals surface area contributed by atoms with Gasteiger partial charge in [0.2, 0.25) is 27.7 Å². The Balaban J connectivity index is 1.40. The molecule has 1 saturated heterocycles. The zero-order valence-electron chi connectivity index (χ0n) is 32.9. The van der Waals surface area contributed by atoms with Crippen LogP contribution in [0, 0.1) is 17.8 Å². The van der Waals surface area contributed by atoms with Crippen LogP contribution in [-0.2, 0) is 24.4 Å². The van der Waals surface area contributed by atoms with Gasteiger partial charge >= 0.3 is 6.09 Å². The summed E-state index contributed by atoms with van der Waals surface area (Å²) >= 11 is 0. The topological polar surface area (TPSA) is 185 Å². The summed E-state index contributed by atoms with van der Waals surface area (Å²) < 4.78 is 52.6. The lowest BCUT2D eigenvalue weighted by molar-refractivity contribution is -0.146. The fraction of sp³-hybridized carbons (Fsp3) is 0.625. The molecule has 6 rings (SSSR count). The number of methoxy groups -OCH3 is 1. The lowest BCUT2D eigenvalue weighted by Gasteiger charge is -2.45. The second kappa shape index (κ2) is 15.5. The van der Waals surface area contributed by atoms with Crippen molar-refractivity contribution in [3.63, 3.8) is 0 Å². The van der Waals surface area contributed by atoms with Gasteiger partial charge in [-0.2, -0.15) is 0 Å². The number of carboxylic acid groups (broad SMARTS) is 1. The molecule has 56 heavy (non-hydrogen) atoms. The molecule has 0 unspecified atom stereocenters. The second-order valence-corrected chi connectivity index (χ2v) is 18.8. The molecule has 2 aromatic rings.